The summed E-state index contributed by atoms with van der Waals surface area (Å²) >= 11 is 1.40. The standard InChI is InChI=1S/C15H21N3O3S/c1-8-13(22-9(2)16-8)15(20)18-10-5-6-21-12(10)7-11(18)14(19)17(3)4/h10-12H,5-7H2,1-4H3/t10-,11?,12-/m0/s1. The molecule has 7 heteroatoms. The summed E-state index contributed by atoms with van der Waals surface area (Å²) in [6, 6.07) is -0.428. The molecule has 3 heterocycles. The first kappa shape index (κ1) is 15.4. The van der Waals surface area contributed by atoms with Crippen LogP contribution in [-0.4, -0.2) is 65.5 Å². The van der Waals surface area contributed by atoms with E-state index in [1.54, 1.807) is 23.9 Å². The smallest absolute Gasteiger partial charge is 0.266 e. The zero-order valence-corrected chi connectivity index (χ0v) is 14.1. The zero-order valence-electron chi connectivity index (χ0n) is 13.3. The normalized spacial score (nSPS) is 27.1. The van der Waals surface area contributed by atoms with Crippen molar-refractivity contribution in [2.75, 3.05) is 20.7 Å². The Labute approximate surface area is 134 Å². The lowest BCUT2D eigenvalue weighted by Crippen LogP contribution is -2.48. The van der Waals surface area contributed by atoms with Crippen molar-refractivity contribution >= 4 is 23.2 Å². The van der Waals surface area contributed by atoms with Gasteiger partial charge in [-0.05, 0) is 20.3 Å². The number of ether oxygens (including phenoxy) is 1. The lowest BCUT2D eigenvalue weighted by Gasteiger charge is -2.29. The summed E-state index contributed by atoms with van der Waals surface area (Å²) in [7, 11) is 3.45. The number of rotatable bonds is 2. The van der Waals surface area contributed by atoms with Gasteiger partial charge in [0, 0.05) is 27.1 Å². The molecule has 2 aliphatic rings. The minimum absolute atomic E-state index is 0.00297. The van der Waals surface area contributed by atoms with E-state index in [-0.39, 0.29) is 24.0 Å². The van der Waals surface area contributed by atoms with Gasteiger partial charge in [0.2, 0.25) is 5.91 Å². The Morgan fingerprint density at radius 3 is 2.68 bits per heavy atom. The molecule has 2 aliphatic heterocycles. The van der Waals surface area contributed by atoms with Crippen molar-refractivity contribution in [3.8, 4) is 0 Å². The summed E-state index contributed by atoms with van der Waals surface area (Å²) in [4.78, 5) is 33.8. The highest BCUT2D eigenvalue weighted by atomic mass is 32.1. The molecule has 0 aromatic carbocycles. The fraction of sp³-hybridized carbons (Fsp3) is 0.667. The number of thiazole rings is 1. The minimum Gasteiger partial charge on any atom is -0.376 e. The number of amides is 2. The van der Waals surface area contributed by atoms with Crippen molar-refractivity contribution < 1.29 is 14.3 Å². The highest BCUT2D eigenvalue weighted by Crippen LogP contribution is 2.36. The summed E-state index contributed by atoms with van der Waals surface area (Å²) in [6.45, 7) is 4.39. The van der Waals surface area contributed by atoms with Crippen LogP contribution in [0.25, 0.3) is 0 Å². The third-order valence-electron chi connectivity index (χ3n) is 4.38. The van der Waals surface area contributed by atoms with Crippen molar-refractivity contribution in [1.29, 1.82) is 0 Å². The number of likely N-dealkylation sites (N-methyl/N-ethyl adjacent to an activating group) is 1. The van der Waals surface area contributed by atoms with E-state index in [0.29, 0.717) is 17.9 Å². The van der Waals surface area contributed by atoms with Crippen LogP contribution in [0.5, 0.6) is 0 Å². The number of aryl methyl sites for hydroxylation is 2. The van der Waals surface area contributed by atoms with Gasteiger partial charge in [-0.1, -0.05) is 0 Å². The second-order valence-corrected chi connectivity index (χ2v) is 7.31. The summed E-state index contributed by atoms with van der Waals surface area (Å²) < 4.78 is 5.71. The number of nitrogens with zero attached hydrogens (tertiary/aromatic N) is 3. The molecule has 120 valence electrons. The predicted octanol–water partition coefficient (Wildman–Crippen LogP) is 1.22. The van der Waals surface area contributed by atoms with Crippen molar-refractivity contribution in [2.24, 2.45) is 0 Å². The molecule has 3 atom stereocenters. The van der Waals surface area contributed by atoms with Crippen LogP contribution in [-0.2, 0) is 9.53 Å². The van der Waals surface area contributed by atoms with E-state index in [1.165, 1.54) is 11.3 Å². The molecule has 0 radical (unpaired) electrons. The van der Waals surface area contributed by atoms with Crippen LogP contribution in [0.3, 0.4) is 0 Å². The average Bonchev–Trinajstić information content (AvgIpc) is 3.10. The molecule has 1 aromatic rings. The molecule has 2 fully saturated rings. The van der Waals surface area contributed by atoms with Crippen LogP contribution < -0.4 is 0 Å². The quantitative estimate of drug-likeness (QED) is 0.821. The topological polar surface area (TPSA) is 62.7 Å². The minimum atomic E-state index is -0.431. The van der Waals surface area contributed by atoms with Crippen LogP contribution in [0.1, 0.15) is 33.2 Å². The Morgan fingerprint density at radius 2 is 2.09 bits per heavy atom. The molecular weight excluding hydrogens is 302 g/mol. The molecule has 0 aliphatic carbocycles. The van der Waals surface area contributed by atoms with Crippen LogP contribution in [0.4, 0.5) is 0 Å². The van der Waals surface area contributed by atoms with E-state index in [1.807, 2.05) is 13.8 Å². The largest absolute Gasteiger partial charge is 0.376 e. The third-order valence-corrected chi connectivity index (χ3v) is 5.44. The van der Waals surface area contributed by atoms with Gasteiger partial charge in [-0.15, -0.1) is 11.3 Å². The molecule has 0 bridgehead atoms. The second-order valence-electron chi connectivity index (χ2n) is 6.11. The van der Waals surface area contributed by atoms with Crippen LogP contribution in [0.2, 0.25) is 0 Å². The van der Waals surface area contributed by atoms with Crippen molar-refractivity contribution in [2.45, 2.75) is 44.9 Å². The summed E-state index contributed by atoms with van der Waals surface area (Å²) in [5, 5.41) is 0.870. The van der Waals surface area contributed by atoms with Crippen LogP contribution in [0.15, 0.2) is 0 Å². The molecular formula is C15H21N3O3S. The van der Waals surface area contributed by atoms with E-state index >= 15 is 0 Å². The molecule has 2 amide bonds. The van der Waals surface area contributed by atoms with Crippen molar-refractivity contribution in [3.63, 3.8) is 0 Å². The van der Waals surface area contributed by atoms with Gasteiger partial charge in [0.15, 0.2) is 0 Å². The SMILES string of the molecule is Cc1nc(C)c(C(=O)N2C(C(=O)N(C)C)C[C@@H]3OCC[C@@H]32)s1. The zero-order chi connectivity index (χ0) is 16.0. The maximum atomic E-state index is 13.0. The average molecular weight is 323 g/mol. The first-order valence-corrected chi connectivity index (χ1v) is 8.31. The lowest BCUT2D eigenvalue weighted by molar-refractivity contribution is -0.133. The summed E-state index contributed by atoms with van der Waals surface area (Å²) in [6.07, 6.45) is 1.36. The van der Waals surface area contributed by atoms with Gasteiger partial charge < -0.3 is 14.5 Å². The van der Waals surface area contributed by atoms with E-state index < -0.39 is 6.04 Å². The second kappa shape index (κ2) is 5.62. The highest BCUT2D eigenvalue weighted by Gasteiger charge is 2.50. The maximum absolute atomic E-state index is 13.0. The van der Waals surface area contributed by atoms with E-state index in [0.717, 1.165) is 17.1 Å². The van der Waals surface area contributed by atoms with Crippen molar-refractivity contribution in [3.05, 3.63) is 15.6 Å². The van der Waals surface area contributed by atoms with Crippen molar-refractivity contribution in [1.82, 2.24) is 14.8 Å². The number of hydrogen-bond acceptors (Lipinski definition) is 5. The molecule has 2 saturated heterocycles. The first-order chi connectivity index (χ1) is 10.4. The summed E-state index contributed by atoms with van der Waals surface area (Å²) in [5.74, 6) is -0.119. The number of fused-ring (bicyclic) bond motifs is 1. The molecule has 1 aromatic heterocycles. The fourth-order valence-electron chi connectivity index (χ4n) is 3.40. The van der Waals surface area contributed by atoms with Gasteiger partial charge in [-0.25, -0.2) is 4.98 Å². The van der Waals surface area contributed by atoms with Gasteiger partial charge >= 0.3 is 0 Å². The Balaban J connectivity index is 1.94. The maximum Gasteiger partial charge on any atom is 0.266 e. The highest BCUT2D eigenvalue weighted by molar-refractivity contribution is 7.13. The molecule has 3 rings (SSSR count). The fourth-order valence-corrected chi connectivity index (χ4v) is 4.27. The first-order valence-electron chi connectivity index (χ1n) is 7.49. The third kappa shape index (κ3) is 2.42. The predicted molar refractivity (Wildman–Crippen MR) is 83.0 cm³/mol. The summed E-state index contributed by atoms with van der Waals surface area (Å²) in [5.41, 5.74) is 0.742. The molecule has 22 heavy (non-hydrogen) atoms. The molecule has 1 unspecified atom stereocenters. The monoisotopic (exact) mass is 323 g/mol. The molecule has 0 saturated carbocycles. The number of aromatic nitrogens is 1. The molecule has 0 N–H and O–H groups in total. The Hall–Kier alpha value is -1.47. The van der Waals surface area contributed by atoms with Gasteiger partial charge in [0.05, 0.1) is 22.8 Å². The van der Waals surface area contributed by atoms with Crippen LogP contribution >= 0.6 is 11.3 Å². The van der Waals surface area contributed by atoms with Gasteiger partial charge in [0.25, 0.3) is 5.91 Å². The van der Waals surface area contributed by atoms with E-state index in [9.17, 15) is 9.59 Å². The van der Waals surface area contributed by atoms with Gasteiger partial charge in [-0.3, -0.25) is 9.59 Å². The Morgan fingerprint density at radius 1 is 1.36 bits per heavy atom. The lowest BCUT2D eigenvalue weighted by atomic mass is 10.1. The molecule has 0 spiro atoms. The number of carbonyl (C=O) groups excluding carboxylic acids is 2. The Bertz CT molecular complexity index is 613. The molecule has 6 nitrogen and oxygen atoms in total. The van der Waals surface area contributed by atoms with Gasteiger partial charge in [-0.2, -0.15) is 0 Å². The van der Waals surface area contributed by atoms with E-state index in [4.69, 9.17) is 4.74 Å². The van der Waals surface area contributed by atoms with E-state index in [2.05, 4.69) is 4.98 Å². The van der Waals surface area contributed by atoms with Crippen LogP contribution in [0, 0.1) is 13.8 Å². The number of hydrogen-bond donors (Lipinski definition) is 0. The van der Waals surface area contributed by atoms with Gasteiger partial charge in [0.1, 0.15) is 10.9 Å². The number of likely N-dealkylation sites (tertiary alicyclic amines) is 1. The number of carbonyl (C=O) groups is 2. The Kier molecular flexibility index (Phi) is 3.94.